The second-order valence-electron chi connectivity index (χ2n) is 4.18. The Kier molecular flexibility index (Phi) is 6.52. The number of thioether (sulfide) groups is 2. The van der Waals surface area contributed by atoms with Crippen molar-refractivity contribution in [3.63, 3.8) is 0 Å². The highest BCUT2D eigenvalue weighted by atomic mass is 32.2. The molecule has 1 aromatic rings. The number of aromatic hydroxyl groups is 1. The molecule has 0 fully saturated rings. The van der Waals surface area contributed by atoms with Crippen LogP contribution in [0.3, 0.4) is 0 Å². The Bertz CT molecular complexity index is 484. The summed E-state index contributed by atoms with van der Waals surface area (Å²) in [4.78, 5) is 1.06. The van der Waals surface area contributed by atoms with Crippen LogP contribution in [0.1, 0.15) is 13.8 Å². The van der Waals surface area contributed by atoms with Gasteiger partial charge in [-0.25, -0.2) is 0 Å². The molecule has 0 aromatic heterocycles. The average Bonchev–Trinajstić information content (AvgIpc) is 2.30. The summed E-state index contributed by atoms with van der Waals surface area (Å²) in [5, 5.41) is 9.76. The van der Waals surface area contributed by atoms with Crippen LogP contribution >= 0.6 is 23.5 Å². The highest BCUT2D eigenvalue weighted by Gasteiger charge is 2.15. The summed E-state index contributed by atoms with van der Waals surface area (Å²) in [6.07, 6.45) is 0. The van der Waals surface area contributed by atoms with Gasteiger partial charge in [-0.1, -0.05) is 13.8 Å². The van der Waals surface area contributed by atoms with Crippen LogP contribution in [0.25, 0.3) is 0 Å². The van der Waals surface area contributed by atoms with Crippen LogP contribution in [0.4, 0.5) is 0 Å². The van der Waals surface area contributed by atoms with Gasteiger partial charge in [-0.15, -0.1) is 11.8 Å². The second kappa shape index (κ2) is 7.42. The molecule has 0 aliphatic rings. The van der Waals surface area contributed by atoms with Gasteiger partial charge in [0.15, 0.2) is 0 Å². The van der Waals surface area contributed by atoms with E-state index in [0.717, 1.165) is 4.90 Å². The van der Waals surface area contributed by atoms with Crippen molar-refractivity contribution in [3.8, 4) is 5.75 Å². The van der Waals surface area contributed by atoms with Crippen molar-refractivity contribution in [2.75, 3.05) is 11.5 Å². The first-order chi connectivity index (χ1) is 8.78. The number of benzene rings is 1. The number of phenolic OH excluding ortho intramolecular Hbond substituents is 1. The molecule has 7 heteroatoms. The highest BCUT2D eigenvalue weighted by molar-refractivity contribution is 8.04. The van der Waals surface area contributed by atoms with Gasteiger partial charge in [-0.2, -0.15) is 20.2 Å². The lowest BCUT2D eigenvalue weighted by atomic mass is 10.3. The van der Waals surface area contributed by atoms with Gasteiger partial charge in [0, 0.05) is 21.1 Å². The van der Waals surface area contributed by atoms with E-state index >= 15 is 0 Å². The van der Waals surface area contributed by atoms with Gasteiger partial charge in [0.05, 0.1) is 5.75 Å². The third-order valence-corrected chi connectivity index (χ3v) is 6.39. The van der Waals surface area contributed by atoms with Gasteiger partial charge in [-0.05, 0) is 24.3 Å². The van der Waals surface area contributed by atoms with Crippen molar-refractivity contribution in [1.29, 1.82) is 0 Å². The first kappa shape index (κ1) is 16.7. The molecule has 0 aliphatic carbocycles. The third-order valence-electron chi connectivity index (χ3n) is 2.54. The maximum atomic E-state index is 10.6. The summed E-state index contributed by atoms with van der Waals surface area (Å²) in [5.74, 6) is 0.423. The van der Waals surface area contributed by atoms with Crippen LogP contribution < -0.4 is 0 Å². The zero-order valence-electron chi connectivity index (χ0n) is 10.8. The highest BCUT2D eigenvalue weighted by Crippen LogP contribution is 2.31. The molecule has 0 saturated heterocycles. The molecule has 0 unspecified atom stereocenters. The molecule has 0 aliphatic heterocycles. The van der Waals surface area contributed by atoms with Crippen molar-refractivity contribution in [3.05, 3.63) is 24.3 Å². The van der Waals surface area contributed by atoms with E-state index in [0.29, 0.717) is 11.0 Å². The first-order valence-corrected chi connectivity index (χ1v) is 9.34. The summed E-state index contributed by atoms with van der Waals surface area (Å²) < 4.78 is 29.9. The largest absolute Gasteiger partial charge is 0.508 e. The molecule has 2 atom stereocenters. The predicted octanol–water partition coefficient (Wildman–Crippen LogP) is 2.88. The van der Waals surface area contributed by atoms with Gasteiger partial charge < -0.3 is 5.11 Å². The van der Waals surface area contributed by atoms with E-state index in [1.165, 1.54) is 11.8 Å². The van der Waals surface area contributed by atoms with E-state index in [-0.39, 0.29) is 16.8 Å². The monoisotopic (exact) mass is 322 g/mol. The fourth-order valence-corrected chi connectivity index (χ4v) is 4.50. The summed E-state index contributed by atoms with van der Waals surface area (Å²) in [7, 11) is -3.86. The SMILES string of the molecule is C[C@H](SCCS(=O)(=O)O)[C@@H](C)Sc1ccc(O)cc1. The molecule has 108 valence electrons. The Labute approximate surface area is 122 Å². The quantitative estimate of drug-likeness (QED) is 0.594. The first-order valence-electron chi connectivity index (χ1n) is 5.80. The van der Waals surface area contributed by atoms with E-state index in [2.05, 4.69) is 6.92 Å². The average molecular weight is 322 g/mol. The summed E-state index contributed by atoms with van der Waals surface area (Å²) in [6.45, 7) is 4.11. The molecular formula is C12H18O4S3. The van der Waals surface area contributed by atoms with Gasteiger partial charge >= 0.3 is 0 Å². The second-order valence-corrected chi connectivity index (χ2v) is 8.69. The smallest absolute Gasteiger partial charge is 0.265 e. The topological polar surface area (TPSA) is 74.6 Å². The zero-order valence-corrected chi connectivity index (χ0v) is 13.3. The van der Waals surface area contributed by atoms with Crippen LogP contribution in [0.15, 0.2) is 29.2 Å². The Morgan fingerprint density at radius 3 is 2.26 bits per heavy atom. The summed E-state index contributed by atoms with van der Waals surface area (Å²) in [6, 6.07) is 6.99. The maximum absolute atomic E-state index is 10.6. The molecule has 19 heavy (non-hydrogen) atoms. The van der Waals surface area contributed by atoms with Crippen LogP contribution in [-0.4, -0.2) is 40.1 Å². The van der Waals surface area contributed by atoms with E-state index in [9.17, 15) is 13.5 Å². The molecule has 1 aromatic carbocycles. The van der Waals surface area contributed by atoms with Crippen molar-refractivity contribution in [2.24, 2.45) is 0 Å². The van der Waals surface area contributed by atoms with Crippen LogP contribution in [0, 0.1) is 0 Å². The number of phenols is 1. The molecule has 0 spiro atoms. The number of hydrogen-bond acceptors (Lipinski definition) is 5. The normalized spacial score (nSPS) is 15.1. The van der Waals surface area contributed by atoms with Crippen molar-refractivity contribution in [1.82, 2.24) is 0 Å². The van der Waals surface area contributed by atoms with E-state index in [1.807, 2.05) is 19.1 Å². The third kappa shape index (κ3) is 7.10. The van der Waals surface area contributed by atoms with Crippen LogP contribution in [0.2, 0.25) is 0 Å². The molecule has 1 rings (SSSR count). The molecule has 0 saturated carbocycles. The lowest BCUT2D eigenvalue weighted by Gasteiger charge is -2.18. The summed E-state index contributed by atoms with van der Waals surface area (Å²) >= 11 is 3.20. The van der Waals surface area contributed by atoms with E-state index in [4.69, 9.17) is 4.55 Å². The van der Waals surface area contributed by atoms with Crippen LogP contribution in [0.5, 0.6) is 5.75 Å². The summed E-state index contributed by atoms with van der Waals surface area (Å²) in [5.41, 5.74) is 0. The van der Waals surface area contributed by atoms with Crippen molar-refractivity contribution < 1.29 is 18.1 Å². The fraction of sp³-hybridized carbons (Fsp3) is 0.500. The standard InChI is InChI=1S/C12H18O4S3/c1-9(17-7-8-19(14,15)16)10(2)18-12-5-3-11(13)4-6-12/h3-6,9-10,13H,7-8H2,1-2H3,(H,14,15,16)/t9-,10+/m0/s1. The minimum absolute atomic E-state index is 0.210. The van der Waals surface area contributed by atoms with Crippen LogP contribution in [-0.2, 0) is 10.1 Å². The van der Waals surface area contributed by atoms with Gasteiger partial charge in [-0.3, -0.25) is 4.55 Å². The Morgan fingerprint density at radius 1 is 1.16 bits per heavy atom. The lowest BCUT2D eigenvalue weighted by molar-refractivity contribution is 0.474. The minimum Gasteiger partial charge on any atom is -0.508 e. The molecule has 0 bridgehead atoms. The van der Waals surface area contributed by atoms with Gasteiger partial charge in [0.25, 0.3) is 10.1 Å². The molecule has 2 N–H and O–H groups in total. The maximum Gasteiger partial charge on any atom is 0.265 e. The number of rotatable bonds is 7. The zero-order chi connectivity index (χ0) is 14.5. The van der Waals surface area contributed by atoms with Gasteiger partial charge in [0.2, 0.25) is 0 Å². The van der Waals surface area contributed by atoms with Crippen molar-refractivity contribution >= 4 is 33.6 Å². The van der Waals surface area contributed by atoms with Gasteiger partial charge in [0.1, 0.15) is 5.75 Å². The molecule has 0 heterocycles. The van der Waals surface area contributed by atoms with E-state index < -0.39 is 10.1 Å². The Hall–Kier alpha value is -0.370. The lowest BCUT2D eigenvalue weighted by Crippen LogP contribution is -2.15. The molecule has 0 amide bonds. The molecule has 4 nitrogen and oxygen atoms in total. The number of hydrogen-bond donors (Lipinski definition) is 2. The minimum atomic E-state index is -3.86. The Balaban J connectivity index is 2.40. The Morgan fingerprint density at radius 2 is 1.74 bits per heavy atom. The fourth-order valence-electron chi connectivity index (χ4n) is 1.31. The van der Waals surface area contributed by atoms with E-state index in [1.54, 1.807) is 23.9 Å². The molecular weight excluding hydrogens is 304 g/mol. The van der Waals surface area contributed by atoms with Crippen molar-refractivity contribution in [2.45, 2.75) is 29.2 Å². The molecule has 0 radical (unpaired) electrons. The predicted molar refractivity (Wildman–Crippen MR) is 81.8 cm³/mol.